The number of thioether (sulfide) groups is 1. The Labute approximate surface area is 171 Å². The van der Waals surface area contributed by atoms with Crippen LogP contribution in [0, 0.1) is 13.8 Å². The second kappa shape index (κ2) is 8.29. The van der Waals surface area contributed by atoms with Crippen molar-refractivity contribution in [3.63, 3.8) is 0 Å². The summed E-state index contributed by atoms with van der Waals surface area (Å²) in [4.78, 5) is 19.9. The van der Waals surface area contributed by atoms with Crippen LogP contribution in [-0.2, 0) is 22.5 Å². The lowest BCUT2D eigenvalue weighted by Crippen LogP contribution is -2.43. The molecular weight excluding hydrogens is 370 g/mol. The van der Waals surface area contributed by atoms with Crippen LogP contribution in [0.5, 0.6) is 0 Å². The Kier molecular flexibility index (Phi) is 5.78. The lowest BCUT2D eigenvalue weighted by molar-refractivity contribution is -0.116. The van der Waals surface area contributed by atoms with Crippen molar-refractivity contribution in [2.75, 3.05) is 17.3 Å². The van der Waals surface area contributed by atoms with E-state index in [4.69, 9.17) is 9.72 Å². The first kappa shape index (κ1) is 19.5. The van der Waals surface area contributed by atoms with Crippen LogP contribution in [0.2, 0.25) is 0 Å². The van der Waals surface area contributed by atoms with Crippen molar-refractivity contribution in [1.29, 1.82) is 0 Å². The van der Waals surface area contributed by atoms with Gasteiger partial charge in [-0.3, -0.25) is 4.79 Å². The number of hydrogen-bond acceptors (Lipinski definition) is 4. The maximum atomic E-state index is 13.1. The average molecular weight is 400 g/mol. The molecular formula is C22H29N3O2S. The van der Waals surface area contributed by atoms with E-state index in [0.29, 0.717) is 5.75 Å². The molecule has 2 aromatic rings. The van der Waals surface area contributed by atoms with E-state index in [1.54, 1.807) is 11.8 Å². The number of hydrogen-bond donors (Lipinski definition) is 0. The Bertz CT molecular complexity index is 857. The number of para-hydroxylation sites is 1. The van der Waals surface area contributed by atoms with Crippen molar-refractivity contribution in [1.82, 2.24) is 9.55 Å². The predicted octanol–water partition coefficient (Wildman–Crippen LogP) is 4.14. The zero-order valence-electron chi connectivity index (χ0n) is 17.0. The molecule has 2 aliphatic heterocycles. The number of benzene rings is 1. The van der Waals surface area contributed by atoms with Gasteiger partial charge in [-0.25, -0.2) is 4.98 Å². The second-order valence-corrected chi connectivity index (χ2v) is 8.82. The Balaban J connectivity index is 1.49. The molecule has 0 unspecified atom stereocenters. The summed E-state index contributed by atoms with van der Waals surface area (Å²) in [6, 6.07) is 8.51. The van der Waals surface area contributed by atoms with Gasteiger partial charge in [0.1, 0.15) is 0 Å². The van der Waals surface area contributed by atoms with E-state index in [9.17, 15) is 4.79 Å². The van der Waals surface area contributed by atoms with Crippen LogP contribution in [0.4, 0.5) is 5.69 Å². The second-order valence-electron chi connectivity index (χ2n) is 7.88. The quantitative estimate of drug-likeness (QED) is 0.709. The lowest BCUT2D eigenvalue weighted by Gasteiger charge is -2.35. The molecule has 0 radical (unpaired) electrons. The number of imidazole rings is 1. The van der Waals surface area contributed by atoms with Crippen LogP contribution in [0.15, 0.2) is 29.4 Å². The topological polar surface area (TPSA) is 47.4 Å². The fourth-order valence-corrected chi connectivity index (χ4v) is 5.17. The average Bonchev–Trinajstić information content (AvgIpc) is 3.30. The third-order valence-electron chi connectivity index (χ3n) is 5.95. The molecule has 1 aromatic heterocycles. The SMILES string of the molecule is Cc1nc(SCC(=O)N2c3ccccc3CC[C@H]2C)n(C[C@H]2CCCO2)c1C. The number of fused-ring (bicyclic) bond motifs is 1. The Morgan fingerprint density at radius 3 is 2.89 bits per heavy atom. The fourth-order valence-electron chi connectivity index (χ4n) is 4.20. The summed E-state index contributed by atoms with van der Waals surface area (Å²) in [6.45, 7) is 7.96. The first-order chi connectivity index (χ1) is 13.5. The van der Waals surface area contributed by atoms with Gasteiger partial charge in [0.2, 0.25) is 5.91 Å². The number of ether oxygens (including phenoxy) is 1. The van der Waals surface area contributed by atoms with E-state index in [1.807, 2.05) is 17.9 Å². The molecule has 28 heavy (non-hydrogen) atoms. The highest BCUT2D eigenvalue weighted by atomic mass is 32.2. The van der Waals surface area contributed by atoms with Gasteiger partial charge in [-0.05, 0) is 58.1 Å². The summed E-state index contributed by atoms with van der Waals surface area (Å²) >= 11 is 1.55. The Morgan fingerprint density at radius 1 is 1.29 bits per heavy atom. The maximum absolute atomic E-state index is 13.1. The van der Waals surface area contributed by atoms with Gasteiger partial charge in [0.25, 0.3) is 0 Å². The van der Waals surface area contributed by atoms with E-state index >= 15 is 0 Å². The molecule has 0 N–H and O–H groups in total. The van der Waals surface area contributed by atoms with E-state index in [0.717, 1.165) is 55.4 Å². The molecule has 1 saturated heterocycles. The third-order valence-corrected chi connectivity index (χ3v) is 6.91. The minimum absolute atomic E-state index is 0.159. The molecule has 4 rings (SSSR count). The number of aromatic nitrogens is 2. The van der Waals surface area contributed by atoms with E-state index < -0.39 is 0 Å². The highest BCUT2D eigenvalue weighted by molar-refractivity contribution is 7.99. The van der Waals surface area contributed by atoms with Crippen LogP contribution in [0.1, 0.15) is 43.1 Å². The van der Waals surface area contributed by atoms with Gasteiger partial charge in [-0.1, -0.05) is 30.0 Å². The number of anilines is 1. The number of amides is 1. The molecule has 5 nitrogen and oxygen atoms in total. The molecule has 0 bridgehead atoms. The van der Waals surface area contributed by atoms with Gasteiger partial charge in [0.15, 0.2) is 5.16 Å². The molecule has 3 heterocycles. The van der Waals surface area contributed by atoms with Crippen LogP contribution in [0.3, 0.4) is 0 Å². The molecule has 2 atom stereocenters. The highest BCUT2D eigenvalue weighted by Crippen LogP contribution is 2.32. The van der Waals surface area contributed by atoms with E-state index in [-0.39, 0.29) is 18.1 Å². The van der Waals surface area contributed by atoms with Crippen molar-refractivity contribution >= 4 is 23.4 Å². The van der Waals surface area contributed by atoms with Crippen molar-refractivity contribution in [3.05, 3.63) is 41.2 Å². The van der Waals surface area contributed by atoms with Gasteiger partial charge in [0, 0.05) is 24.0 Å². The minimum atomic E-state index is 0.159. The highest BCUT2D eigenvalue weighted by Gasteiger charge is 2.28. The molecule has 150 valence electrons. The first-order valence-electron chi connectivity index (χ1n) is 10.2. The monoisotopic (exact) mass is 399 g/mol. The molecule has 1 fully saturated rings. The fraction of sp³-hybridized carbons (Fsp3) is 0.545. The van der Waals surface area contributed by atoms with Crippen LogP contribution < -0.4 is 4.90 Å². The Morgan fingerprint density at radius 2 is 2.11 bits per heavy atom. The number of carbonyl (C=O) groups excluding carboxylic acids is 1. The lowest BCUT2D eigenvalue weighted by atomic mass is 9.97. The zero-order valence-corrected chi connectivity index (χ0v) is 17.8. The normalized spacial score (nSPS) is 21.8. The van der Waals surface area contributed by atoms with Gasteiger partial charge >= 0.3 is 0 Å². The van der Waals surface area contributed by atoms with Crippen LogP contribution in [-0.4, -0.2) is 40.0 Å². The summed E-state index contributed by atoms with van der Waals surface area (Å²) in [7, 11) is 0. The predicted molar refractivity (Wildman–Crippen MR) is 113 cm³/mol. The molecule has 1 amide bonds. The van der Waals surface area contributed by atoms with Crippen LogP contribution >= 0.6 is 11.8 Å². The summed E-state index contributed by atoms with van der Waals surface area (Å²) in [5.41, 5.74) is 4.54. The van der Waals surface area contributed by atoms with Gasteiger partial charge in [0.05, 0.1) is 24.1 Å². The van der Waals surface area contributed by atoms with Crippen LogP contribution in [0.25, 0.3) is 0 Å². The first-order valence-corrected chi connectivity index (χ1v) is 11.2. The zero-order chi connectivity index (χ0) is 19.7. The van der Waals surface area contributed by atoms with Gasteiger partial charge < -0.3 is 14.2 Å². The minimum Gasteiger partial charge on any atom is -0.376 e. The summed E-state index contributed by atoms with van der Waals surface area (Å²) in [5.74, 6) is 0.562. The van der Waals surface area contributed by atoms with Crippen molar-refractivity contribution in [2.24, 2.45) is 0 Å². The molecule has 6 heteroatoms. The smallest absolute Gasteiger partial charge is 0.237 e. The number of carbonyl (C=O) groups is 1. The summed E-state index contributed by atoms with van der Waals surface area (Å²) < 4.78 is 8.05. The van der Waals surface area contributed by atoms with Gasteiger partial charge in [-0.15, -0.1) is 0 Å². The van der Waals surface area contributed by atoms with Crippen molar-refractivity contribution in [2.45, 2.75) is 70.3 Å². The van der Waals surface area contributed by atoms with E-state index in [1.165, 1.54) is 11.3 Å². The Hall–Kier alpha value is -1.79. The largest absolute Gasteiger partial charge is 0.376 e. The number of nitrogens with zero attached hydrogens (tertiary/aromatic N) is 3. The van der Waals surface area contributed by atoms with Gasteiger partial charge in [-0.2, -0.15) is 0 Å². The standard InChI is InChI=1S/C22H29N3O2S/c1-15-10-11-18-7-4-5-9-20(18)25(15)21(26)14-28-22-23-16(2)17(3)24(22)13-19-8-6-12-27-19/h4-5,7,9,15,19H,6,8,10-14H2,1-3H3/t15-,19-/m1/s1. The molecule has 0 saturated carbocycles. The summed E-state index contributed by atoms with van der Waals surface area (Å²) in [6.07, 6.45) is 4.54. The number of rotatable bonds is 5. The molecule has 0 spiro atoms. The van der Waals surface area contributed by atoms with E-state index in [2.05, 4.69) is 36.6 Å². The maximum Gasteiger partial charge on any atom is 0.237 e. The summed E-state index contributed by atoms with van der Waals surface area (Å²) in [5, 5.41) is 0.928. The molecule has 0 aliphatic carbocycles. The number of aryl methyl sites for hydroxylation is 2. The van der Waals surface area contributed by atoms with Crippen molar-refractivity contribution < 1.29 is 9.53 Å². The van der Waals surface area contributed by atoms with Crippen molar-refractivity contribution in [3.8, 4) is 0 Å². The molecule has 2 aliphatic rings. The third kappa shape index (κ3) is 3.85. The molecule has 1 aromatic carbocycles.